The first-order valence-electron chi connectivity index (χ1n) is 15.7. The molecule has 5 aliphatic rings. The lowest BCUT2D eigenvalue weighted by molar-refractivity contribution is -0.315. The molecule has 0 bridgehead atoms. The number of hydrogen-bond donors (Lipinski definition) is 6. The molecule has 1 aromatic carbocycles. The van der Waals surface area contributed by atoms with Crippen LogP contribution in [-0.2, 0) is 15.9 Å². The molecular weight excluding hydrogens is 522 g/mol. The van der Waals surface area contributed by atoms with Crippen LogP contribution < -0.4 is 5.32 Å². The quantitative estimate of drug-likeness (QED) is 0.297. The fourth-order valence-corrected chi connectivity index (χ4v) is 8.95. The molecule has 3 fully saturated rings. The van der Waals surface area contributed by atoms with Crippen molar-refractivity contribution in [2.24, 2.45) is 17.3 Å². The zero-order valence-electron chi connectivity index (χ0n) is 24.9. The molecule has 2 saturated heterocycles. The highest BCUT2D eigenvalue weighted by Crippen LogP contribution is 2.60. The molecular formula is C33H49NO7. The molecule has 41 heavy (non-hydrogen) atoms. The van der Waals surface area contributed by atoms with E-state index in [9.17, 15) is 25.5 Å². The number of piperidine rings is 1. The highest BCUT2D eigenvalue weighted by Gasteiger charge is 2.51. The van der Waals surface area contributed by atoms with Crippen molar-refractivity contribution in [2.75, 3.05) is 13.2 Å². The average Bonchev–Trinajstić information content (AvgIpc) is 3.35. The van der Waals surface area contributed by atoms with Crippen LogP contribution in [-0.4, -0.2) is 87.6 Å². The monoisotopic (exact) mass is 571 g/mol. The van der Waals surface area contributed by atoms with Crippen molar-refractivity contribution in [3.63, 3.8) is 0 Å². The summed E-state index contributed by atoms with van der Waals surface area (Å²) in [5, 5.41) is 54.9. The molecule has 1 aromatic rings. The van der Waals surface area contributed by atoms with Crippen LogP contribution in [0.15, 0.2) is 23.8 Å². The third-order valence-corrected chi connectivity index (χ3v) is 11.5. The topological polar surface area (TPSA) is 132 Å². The molecule has 228 valence electrons. The molecule has 2 heterocycles. The molecule has 0 radical (unpaired) electrons. The Morgan fingerprint density at radius 2 is 1.90 bits per heavy atom. The Balaban J connectivity index is 1.23. The second-order valence-electron chi connectivity index (χ2n) is 14.0. The standard InChI is InChI=1S/C33H49NO7/c1-16-11-26(40-32-31(39)30(38)29(37)27(15-35)41-32)28(34-14-16)18(3)21-7-8-22-23-6-5-19-12-20(36)9-10-33(19,4)25(23)13-24(22)17(21)2/h5,7-8,16,18,20,23,25-32,34-39H,6,9-15H2,1-4H3/t16-,18+,20-,23-,25-,26+,27+,28-,29+,30-,31+,32+,33-/m0/s1. The molecule has 0 spiro atoms. The molecule has 1 saturated carbocycles. The highest BCUT2D eigenvalue weighted by molar-refractivity contribution is 5.50. The highest BCUT2D eigenvalue weighted by atomic mass is 16.7. The predicted octanol–water partition coefficient (Wildman–Crippen LogP) is 2.42. The van der Waals surface area contributed by atoms with Gasteiger partial charge in [0.2, 0.25) is 0 Å². The number of allylic oxidation sites excluding steroid dienone is 1. The van der Waals surface area contributed by atoms with Gasteiger partial charge in [-0.3, -0.25) is 0 Å². The van der Waals surface area contributed by atoms with Crippen molar-refractivity contribution in [3.05, 3.63) is 46.0 Å². The van der Waals surface area contributed by atoms with Gasteiger partial charge in [0.05, 0.1) is 18.8 Å². The molecule has 0 unspecified atom stereocenters. The molecule has 0 aromatic heterocycles. The van der Waals surface area contributed by atoms with E-state index in [1.807, 2.05) is 0 Å². The Hall–Kier alpha value is -1.36. The van der Waals surface area contributed by atoms with Gasteiger partial charge in [0.1, 0.15) is 24.4 Å². The van der Waals surface area contributed by atoms with Crippen molar-refractivity contribution in [1.82, 2.24) is 5.32 Å². The number of fused-ring (bicyclic) bond motifs is 5. The van der Waals surface area contributed by atoms with Crippen LogP contribution >= 0.6 is 0 Å². The smallest absolute Gasteiger partial charge is 0.187 e. The van der Waals surface area contributed by atoms with Gasteiger partial charge in [-0.2, -0.15) is 0 Å². The summed E-state index contributed by atoms with van der Waals surface area (Å²) in [6, 6.07) is 4.62. The molecule has 6 N–H and O–H groups in total. The summed E-state index contributed by atoms with van der Waals surface area (Å²) in [7, 11) is 0. The third kappa shape index (κ3) is 5.02. The van der Waals surface area contributed by atoms with E-state index in [4.69, 9.17) is 9.47 Å². The summed E-state index contributed by atoms with van der Waals surface area (Å²) in [6.07, 6.45) is 1.20. The molecule has 8 heteroatoms. The van der Waals surface area contributed by atoms with Crippen LogP contribution in [0.2, 0.25) is 0 Å². The summed E-state index contributed by atoms with van der Waals surface area (Å²) in [5.74, 6) is 1.59. The van der Waals surface area contributed by atoms with Crippen molar-refractivity contribution >= 4 is 0 Å². The SMILES string of the molecule is Cc1c([C@@H](C)[C@@H]2NC[C@@H](C)C[C@H]2O[C@@H]2O[C@H](CO)[C@@H](O)[C@H](O)[C@H]2O)ccc2c1C[C@H]1[C@H]2CC=C2C[C@@H](O)CC[C@@]21C. The van der Waals surface area contributed by atoms with Gasteiger partial charge in [0.25, 0.3) is 0 Å². The first-order valence-corrected chi connectivity index (χ1v) is 15.7. The fraction of sp³-hybridized carbons (Fsp3) is 0.758. The van der Waals surface area contributed by atoms with E-state index in [1.165, 1.54) is 27.8 Å². The Labute approximate surface area is 243 Å². The Morgan fingerprint density at radius 3 is 2.66 bits per heavy atom. The maximum atomic E-state index is 10.6. The van der Waals surface area contributed by atoms with Gasteiger partial charge in [-0.05, 0) is 103 Å². The first-order chi connectivity index (χ1) is 19.5. The largest absolute Gasteiger partial charge is 0.394 e. The predicted molar refractivity (Wildman–Crippen MR) is 154 cm³/mol. The zero-order valence-corrected chi connectivity index (χ0v) is 24.9. The Bertz CT molecular complexity index is 1150. The van der Waals surface area contributed by atoms with Crippen molar-refractivity contribution in [2.45, 2.75) is 127 Å². The van der Waals surface area contributed by atoms with Gasteiger partial charge in [-0.15, -0.1) is 0 Å². The van der Waals surface area contributed by atoms with Crippen LogP contribution in [0.5, 0.6) is 0 Å². The Morgan fingerprint density at radius 1 is 1.12 bits per heavy atom. The minimum Gasteiger partial charge on any atom is -0.394 e. The van der Waals surface area contributed by atoms with Crippen molar-refractivity contribution in [1.29, 1.82) is 0 Å². The van der Waals surface area contributed by atoms with Crippen LogP contribution in [0.1, 0.15) is 87.0 Å². The third-order valence-electron chi connectivity index (χ3n) is 11.5. The van der Waals surface area contributed by atoms with E-state index in [0.29, 0.717) is 17.8 Å². The van der Waals surface area contributed by atoms with Gasteiger partial charge >= 0.3 is 0 Å². The van der Waals surface area contributed by atoms with Gasteiger partial charge < -0.3 is 40.3 Å². The van der Waals surface area contributed by atoms with E-state index in [1.54, 1.807) is 0 Å². The molecule has 2 aliphatic heterocycles. The summed E-state index contributed by atoms with van der Waals surface area (Å²) < 4.78 is 12.1. The normalized spacial score (nSPS) is 44.9. The van der Waals surface area contributed by atoms with E-state index in [0.717, 1.165) is 45.1 Å². The summed E-state index contributed by atoms with van der Waals surface area (Å²) >= 11 is 0. The molecule has 8 nitrogen and oxygen atoms in total. The van der Waals surface area contributed by atoms with Gasteiger partial charge in [-0.25, -0.2) is 0 Å². The number of hydrogen-bond acceptors (Lipinski definition) is 8. The van der Waals surface area contributed by atoms with E-state index in [-0.39, 0.29) is 29.6 Å². The van der Waals surface area contributed by atoms with E-state index >= 15 is 0 Å². The lowest BCUT2D eigenvalue weighted by Crippen LogP contribution is -2.61. The summed E-state index contributed by atoms with van der Waals surface area (Å²) in [5.41, 5.74) is 7.26. The number of ether oxygens (including phenoxy) is 2. The Kier molecular flexibility index (Phi) is 8.18. The lowest BCUT2D eigenvalue weighted by Gasteiger charge is -2.48. The lowest BCUT2D eigenvalue weighted by atomic mass is 9.57. The number of nitrogens with one attached hydrogen (secondary N) is 1. The van der Waals surface area contributed by atoms with Crippen molar-refractivity contribution in [3.8, 4) is 0 Å². The second-order valence-corrected chi connectivity index (χ2v) is 14.0. The van der Waals surface area contributed by atoms with Gasteiger partial charge in [0.15, 0.2) is 6.29 Å². The number of rotatable bonds is 5. The average molecular weight is 572 g/mol. The van der Waals surface area contributed by atoms with Crippen LogP contribution in [0, 0.1) is 24.2 Å². The molecule has 3 aliphatic carbocycles. The number of aliphatic hydroxyl groups is 5. The minimum atomic E-state index is -1.46. The van der Waals surface area contributed by atoms with Gasteiger partial charge in [-0.1, -0.05) is 44.6 Å². The molecule has 0 amide bonds. The summed E-state index contributed by atoms with van der Waals surface area (Å²) in [4.78, 5) is 0. The first kappa shape index (κ1) is 29.7. The second kappa shape index (κ2) is 11.3. The molecule has 6 rings (SSSR count). The molecule has 13 atom stereocenters. The fourth-order valence-electron chi connectivity index (χ4n) is 8.95. The number of benzene rings is 1. The maximum absolute atomic E-state index is 10.6. The van der Waals surface area contributed by atoms with E-state index in [2.05, 4.69) is 51.2 Å². The number of aliphatic hydroxyl groups excluding tert-OH is 5. The summed E-state index contributed by atoms with van der Waals surface area (Å²) in [6.45, 7) is 9.47. The van der Waals surface area contributed by atoms with Crippen LogP contribution in [0.25, 0.3) is 0 Å². The van der Waals surface area contributed by atoms with Crippen LogP contribution in [0.3, 0.4) is 0 Å². The van der Waals surface area contributed by atoms with E-state index < -0.39 is 37.3 Å². The van der Waals surface area contributed by atoms with Crippen molar-refractivity contribution < 1.29 is 35.0 Å². The minimum absolute atomic E-state index is 0.0374. The van der Waals surface area contributed by atoms with Gasteiger partial charge in [0, 0.05) is 6.04 Å². The maximum Gasteiger partial charge on any atom is 0.187 e. The van der Waals surface area contributed by atoms with Crippen LogP contribution in [0.4, 0.5) is 0 Å². The zero-order chi connectivity index (χ0) is 29.2.